The fourth-order valence-electron chi connectivity index (χ4n) is 3.91. The van der Waals surface area contributed by atoms with E-state index in [1.807, 2.05) is 7.05 Å². The van der Waals surface area contributed by atoms with Gasteiger partial charge in [-0.1, -0.05) is 30.3 Å². The third-order valence-corrected chi connectivity index (χ3v) is 7.01. The van der Waals surface area contributed by atoms with E-state index in [-0.39, 0.29) is 5.54 Å². The van der Waals surface area contributed by atoms with Gasteiger partial charge in [0.2, 0.25) is 0 Å². The minimum atomic E-state index is 0.0211. The Morgan fingerprint density at radius 2 is 2.04 bits per heavy atom. The Morgan fingerprint density at radius 1 is 1.26 bits per heavy atom. The lowest BCUT2D eigenvalue weighted by atomic mass is 9.88. The molecule has 0 aromatic heterocycles. The zero-order valence-corrected chi connectivity index (χ0v) is 17.5. The number of ether oxygens (including phenoxy) is 1. The topological polar surface area (TPSA) is 57.7 Å². The van der Waals surface area contributed by atoms with Gasteiger partial charge in [0, 0.05) is 50.2 Å². The largest absolute Gasteiger partial charge is 0.381 e. The first-order valence-corrected chi connectivity index (χ1v) is 11.2. The van der Waals surface area contributed by atoms with Crippen LogP contribution in [0.15, 0.2) is 35.3 Å². The highest BCUT2D eigenvalue weighted by atomic mass is 32.2. The molecule has 27 heavy (non-hydrogen) atoms. The Labute approximate surface area is 168 Å². The molecule has 0 bridgehead atoms. The fourth-order valence-corrected chi connectivity index (χ4v) is 5.11. The number of nitrogens with zero attached hydrogens (tertiary/aromatic N) is 1. The summed E-state index contributed by atoms with van der Waals surface area (Å²) in [7, 11) is 1.85. The van der Waals surface area contributed by atoms with Gasteiger partial charge in [0.25, 0.3) is 0 Å². The lowest BCUT2D eigenvalue weighted by Gasteiger charge is -2.41. The Bertz CT molecular complexity index is 583. The van der Waals surface area contributed by atoms with Crippen LogP contribution in [-0.2, 0) is 4.74 Å². The Morgan fingerprint density at radius 3 is 2.70 bits per heavy atom. The summed E-state index contributed by atoms with van der Waals surface area (Å²) < 4.78 is 5.64. The first-order chi connectivity index (χ1) is 13.2. The first-order valence-electron chi connectivity index (χ1n) is 10.2. The van der Waals surface area contributed by atoms with Crippen molar-refractivity contribution in [2.45, 2.75) is 49.4 Å². The van der Waals surface area contributed by atoms with E-state index in [0.29, 0.717) is 6.04 Å². The van der Waals surface area contributed by atoms with E-state index in [1.54, 1.807) is 0 Å². The minimum Gasteiger partial charge on any atom is -0.381 e. The SMILES string of the molecule is CN=C(NCC1CCCS1)NCC1(NC(C)c2ccccc2)CCOCC1. The lowest BCUT2D eigenvalue weighted by molar-refractivity contribution is 0.0355. The number of rotatable bonds is 7. The van der Waals surface area contributed by atoms with Crippen LogP contribution in [0.25, 0.3) is 0 Å². The van der Waals surface area contributed by atoms with Crippen molar-refractivity contribution in [3.05, 3.63) is 35.9 Å². The third-order valence-electron chi connectivity index (χ3n) is 5.61. The lowest BCUT2D eigenvalue weighted by Crippen LogP contribution is -2.58. The second-order valence-corrected chi connectivity index (χ2v) is 9.02. The summed E-state index contributed by atoms with van der Waals surface area (Å²) in [6, 6.07) is 11.0. The molecule has 0 spiro atoms. The van der Waals surface area contributed by atoms with Crippen LogP contribution < -0.4 is 16.0 Å². The van der Waals surface area contributed by atoms with E-state index in [9.17, 15) is 0 Å². The van der Waals surface area contributed by atoms with Gasteiger partial charge in [-0.3, -0.25) is 4.99 Å². The molecule has 2 heterocycles. The van der Waals surface area contributed by atoms with Crippen LogP contribution in [0.1, 0.15) is 44.2 Å². The smallest absolute Gasteiger partial charge is 0.191 e. The number of aliphatic imine (C=N–C) groups is 1. The molecule has 2 aliphatic heterocycles. The van der Waals surface area contributed by atoms with Gasteiger partial charge in [-0.25, -0.2) is 0 Å². The fraction of sp³-hybridized carbons (Fsp3) is 0.667. The van der Waals surface area contributed by atoms with Gasteiger partial charge in [0.1, 0.15) is 0 Å². The molecule has 2 atom stereocenters. The van der Waals surface area contributed by atoms with Gasteiger partial charge in [-0.05, 0) is 43.9 Å². The molecule has 0 radical (unpaired) electrons. The van der Waals surface area contributed by atoms with Crippen molar-refractivity contribution in [2.75, 3.05) is 39.1 Å². The van der Waals surface area contributed by atoms with Crippen LogP contribution in [0.2, 0.25) is 0 Å². The number of hydrogen-bond acceptors (Lipinski definition) is 4. The Hall–Kier alpha value is -1.24. The zero-order chi connectivity index (χ0) is 19.0. The molecule has 3 N–H and O–H groups in total. The van der Waals surface area contributed by atoms with Gasteiger partial charge in [-0.15, -0.1) is 0 Å². The molecule has 0 amide bonds. The molecular formula is C21H34N4OS. The van der Waals surface area contributed by atoms with E-state index in [1.165, 1.54) is 24.2 Å². The van der Waals surface area contributed by atoms with Crippen molar-refractivity contribution in [1.29, 1.82) is 0 Å². The second kappa shape index (κ2) is 10.3. The van der Waals surface area contributed by atoms with Crippen molar-refractivity contribution in [1.82, 2.24) is 16.0 Å². The van der Waals surface area contributed by atoms with Crippen LogP contribution in [0.3, 0.4) is 0 Å². The number of nitrogens with one attached hydrogen (secondary N) is 3. The standard InChI is InChI=1S/C21H34N4OS/c1-17(18-7-4-3-5-8-18)25-21(10-12-26-13-11-21)16-24-20(22-2)23-15-19-9-6-14-27-19/h3-5,7-8,17,19,25H,6,9-16H2,1-2H3,(H2,22,23,24). The number of thioether (sulfide) groups is 1. The predicted molar refractivity (Wildman–Crippen MR) is 116 cm³/mol. The second-order valence-electron chi connectivity index (χ2n) is 7.61. The van der Waals surface area contributed by atoms with Crippen LogP contribution in [0, 0.1) is 0 Å². The molecule has 2 unspecified atom stereocenters. The minimum absolute atomic E-state index is 0.0211. The molecular weight excluding hydrogens is 356 g/mol. The van der Waals surface area contributed by atoms with E-state index >= 15 is 0 Å². The summed E-state index contributed by atoms with van der Waals surface area (Å²) in [4.78, 5) is 4.43. The molecule has 2 fully saturated rings. The summed E-state index contributed by atoms with van der Waals surface area (Å²) >= 11 is 2.07. The summed E-state index contributed by atoms with van der Waals surface area (Å²) in [5.41, 5.74) is 1.34. The third kappa shape index (κ3) is 6.13. The maximum atomic E-state index is 5.64. The quantitative estimate of drug-likeness (QED) is 0.494. The van der Waals surface area contributed by atoms with Crippen LogP contribution in [0.4, 0.5) is 0 Å². The molecule has 1 aromatic carbocycles. The van der Waals surface area contributed by atoms with E-state index in [2.05, 4.69) is 70.0 Å². The molecule has 0 aliphatic carbocycles. The molecule has 5 nitrogen and oxygen atoms in total. The Balaban J connectivity index is 1.56. The summed E-state index contributed by atoms with van der Waals surface area (Å²) in [6.07, 6.45) is 4.67. The van der Waals surface area contributed by atoms with Gasteiger partial charge in [-0.2, -0.15) is 11.8 Å². The normalized spacial score (nSPS) is 23.8. The van der Waals surface area contributed by atoms with Gasteiger partial charge in [0.15, 0.2) is 5.96 Å². The predicted octanol–water partition coefficient (Wildman–Crippen LogP) is 2.95. The molecule has 2 saturated heterocycles. The maximum absolute atomic E-state index is 5.64. The van der Waals surface area contributed by atoms with Gasteiger partial charge >= 0.3 is 0 Å². The monoisotopic (exact) mass is 390 g/mol. The zero-order valence-electron chi connectivity index (χ0n) is 16.7. The molecule has 1 aromatic rings. The highest BCUT2D eigenvalue weighted by Crippen LogP contribution is 2.26. The van der Waals surface area contributed by atoms with Crippen LogP contribution >= 0.6 is 11.8 Å². The van der Waals surface area contributed by atoms with Crippen molar-refractivity contribution < 1.29 is 4.74 Å². The van der Waals surface area contributed by atoms with Gasteiger partial charge in [0.05, 0.1) is 0 Å². The van der Waals surface area contributed by atoms with Crippen molar-refractivity contribution in [3.8, 4) is 0 Å². The number of benzene rings is 1. The van der Waals surface area contributed by atoms with E-state index in [4.69, 9.17) is 4.74 Å². The highest BCUT2D eigenvalue weighted by Gasteiger charge is 2.34. The highest BCUT2D eigenvalue weighted by molar-refractivity contribution is 8.00. The Kier molecular flexibility index (Phi) is 7.85. The first kappa shape index (κ1) is 20.5. The average molecular weight is 391 g/mol. The summed E-state index contributed by atoms with van der Waals surface area (Å²) in [5.74, 6) is 2.20. The van der Waals surface area contributed by atoms with E-state index in [0.717, 1.165) is 50.4 Å². The van der Waals surface area contributed by atoms with Crippen LogP contribution in [0.5, 0.6) is 0 Å². The molecule has 150 valence electrons. The summed E-state index contributed by atoms with van der Waals surface area (Å²) in [6.45, 7) is 5.71. The molecule has 3 rings (SSSR count). The number of guanidine groups is 1. The van der Waals surface area contributed by atoms with Crippen LogP contribution in [-0.4, -0.2) is 55.9 Å². The molecule has 6 heteroatoms. The number of hydrogen-bond donors (Lipinski definition) is 3. The van der Waals surface area contributed by atoms with Crippen molar-refractivity contribution in [2.24, 2.45) is 4.99 Å². The molecule has 0 saturated carbocycles. The van der Waals surface area contributed by atoms with Crippen molar-refractivity contribution >= 4 is 17.7 Å². The average Bonchev–Trinajstić information content (AvgIpc) is 3.23. The molecule has 2 aliphatic rings. The van der Waals surface area contributed by atoms with E-state index < -0.39 is 0 Å². The maximum Gasteiger partial charge on any atom is 0.191 e. The van der Waals surface area contributed by atoms with Gasteiger partial charge < -0.3 is 20.7 Å². The van der Waals surface area contributed by atoms with Crippen molar-refractivity contribution in [3.63, 3.8) is 0 Å². The summed E-state index contributed by atoms with van der Waals surface area (Å²) in [5, 5.41) is 11.7.